The van der Waals surface area contributed by atoms with Crippen LogP contribution in [0.1, 0.15) is 25.7 Å². The molecular weight excluding hydrogens is 178 g/mol. The zero-order chi connectivity index (χ0) is 9.97. The van der Waals surface area contributed by atoms with E-state index in [2.05, 4.69) is 10.4 Å². The maximum atomic E-state index is 9.74. The number of aliphatic hydroxyl groups is 1. The van der Waals surface area contributed by atoms with Crippen molar-refractivity contribution in [3.05, 3.63) is 12.3 Å². The fourth-order valence-corrected chi connectivity index (χ4v) is 1.96. The highest BCUT2D eigenvalue weighted by Gasteiger charge is 2.22. The summed E-state index contributed by atoms with van der Waals surface area (Å²) >= 11 is 0. The molecule has 2 N–H and O–H groups in total. The number of aryl methyl sites for hydroxylation is 1. The van der Waals surface area contributed by atoms with Gasteiger partial charge in [0.15, 0.2) is 0 Å². The van der Waals surface area contributed by atoms with E-state index in [4.69, 9.17) is 0 Å². The van der Waals surface area contributed by atoms with E-state index in [1.54, 1.807) is 4.68 Å². The smallest absolute Gasteiger partial charge is 0.148 e. The van der Waals surface area contributed by atoms with Gasteiger partial charge in [-0.15, -0.1) is 0 Å². The standard InChI is InChI=1S/C10H17N3O/c1-13-7-6-10(12-13)11-8-4-2-3-5-9(8)14/h6-9,14H,2-5H2,1H3,(H,11,12)/t8-,9-/m0/s1. The van der Waals surface area contributed by atoms with Crippen molar-refractivity contribution in [1.82, 2.24) is 9.78 Å². The first-order chi connectivity index (χ1) is 6.75. The minimum atomic E-state index is -0.217. The second-order valence-electron chi connectivity index (χ2n) is 3.98. The van der Waals surface area contributed by atoms with Crippen molar-refractivity contribution in [1.29, 1.82) is 0 Å². The second-order valence-corrected chi connectivity index (χ2v) is 3.98. The fourth-order valence-electron chi connectivity index (χ4n) is 1.96. The first-order valence-corrected chi connectivity index (χ1v) is 5.20. The third kappa shape index (κ3) is 2.07. The Kier molecular flexibility index (Phi) is 2.72. The number of anilines is 1. The topological polar surface area (TPSA) is 50.1 Å². The molecule has 1 heterocycles. The van der Waals surface area contributed by atoms with Crippen molar-refractivity contribution in [3.8, 4) is 0 Å². The van der Waals surface area contributed by atoms with Gasteiger partial charge < -0.3 is 10.4 Å². The number of hydrogen-bond acceptors (Lipinski definition) is 3. The van der Waals surface area contributed by atoms with Crippen molar-refractivity contribution in [2.75, 3.05) is 5.32 Å². The average molecular weight is 195 g/mol. The predicted molar refractivity (Wildman–Crippen MR) is 55.1 cm³/mol. The zero-order valence-corrected chi connectivity index (χ0v) is 8.48. The van der Waals surface area contributed by atoms with Crippen molar-refractivity contribution in [2.24, 2.45) is 7.05 Å². The van der Waals surface area contributed by atoms with E-state index in [1.165, 1.54) is 6.42 Å². The lowest BCUT2D eigenvalue weighted by Crippen LogP contribution is -2.36. The second kappa shape index (κ2) is 4.00. The summed E-state index contributed by atoms with van der Waals surface area (Å²) in [6, 6.07) is 2.11. The molecule has 1 aromatic heterocycles. The van der Waals surface area contributed by atoms with E-state index in [9.17, 15) is 5.11 Å². The van der Waals surface area contributed by atoms with Gasteiger partial charge in [-0.25, -0.2) is 0 Å². The highest BCUT2D eigenvalue weighted by atomic mass is 16.3. The number of nitrogens with zero attached hydrogens (tertiary/aromatic N) is 2. The van der Waals surface area contributed by atoms with E-state index in [0.717, 1.165) is 25.1 Å². The Morgan fingerprint density at radius 1 is 1.50 bits per heavy atom. The van der Waals surface area contributed by atoms with E-state index >= 15 is 0 Å². The number of hydrogen-bond donors (Lipinski definition) is 2. The summed E-state index contributed by atoms with van der Waals surface area (Å²) in [6.07, 6.45) is 5.97. The highest BCUT2D eigenvalue weighted by molar-refractivity contribution is 5.34. The minimum Gasteiger partial charge on any atom is -0.391 e. The van der Waals surface area contributed by atoms with Crippen molar-refractivity contribution >= 4 is 5.82 Å². The van der Waals surface area contributed by atoms with Gasteiger partial charge in [-0.05, 0) is 12.8 Å². The fraction of sp³-hybridized carbons (Fsp3) is 0.700. The Balaban J connectivity index is 1.95. The van der Waals surface area contributed by atoms with Gasteiger partial charge in [-0.2, -0.15) is 5.10 Å². The lowest BCUT2D eigenvalue weighted by molar-refractivity contribution is 0.116. The maximum Gasteiger partial charge on any atom is 0.148 e. The van der Waals surface area contributed by atoms with Crippen molar-refractivity contribution in [3.63, 3.8) is 0 Å². The number of aliphatic hydroxyl groups excluding tert-OH is 1. The molecule has 1 aliphatic carbocycles. The van der Waals surface area contributed by atoms with E-state index in [1.807, 2.05) is 19.3 Å². The van der Waals surface area contributed by atoms with Gasteiger partial charge in [0.25, 0.3) is 0 Å². The molecule has 4 nitrogen and oxygen atoms in total. The Morgan fingerprint density at radius 3 is 2.93 bits per heavy atom. The molecule has 0 aliphatic heterocycles. The van der Waals surface area contributed by atoms with Gasteiger partial charge in [-0.1, -0.05) is 12.8 Å². The maximum absolute atomic E-state index is 9.74. The van der Waals surface area contributed by atoms with Crippen LogP contribution in [0.4, 0.5) is 5.82 Å². The summed E-state index contributed by atoms with van der Waals surface area (Å²) in [6.45, 7) is 0. The third-order valence-electron chi connectivity index (χ3n) is 2.78. The van der Waals surface area contributed by atoms with Gasteiger partial charge in [-0.3, -0.25) is 4.68 Å². The van der Waals surface area contributed by atoms with Gasteiger partial charge in [0.2, 0.25) is 0 Å². The number of rotatable bonds is 2. The molecule has 0 aromatic carbocycles. The molecule has 4 heteroatoms. The molecule has 1 saturated carbocycles. The number of aromatic nitrogens is 2. The summed E-state index contributed by atoms with van der Waals surface area (Å²) in [5, 5.41) is 17.2. The van der Waals surface area contributed by atoms with Gasteiger partial charge in [0, 0.05) is 19.3 Å². The summed E-state index contributed by atoms with van der Waals surface area (Å²) in [5.74, 6) is 0.860. The normalized spacial score (nSPS) is 27.6. The molecule has 0 unspecified atom stereocenters. The van der Waals surface area contributed by atoms with Crippen molar-refractivity contribution < 1.29 is 5.11 Å². The van der Waals surface area contributed by atoms with Crippen LogP contribution >= 0.6 is 0 Å². The molecular formula is C10H17N3O. The first-order valence-electron chi connectivity index (χ1n) is 5.20. The van der Waals surface area contributed by atoms with E-state index in [-0.39, 0.29) is 12.1 Å². The van der Waals surface area contributed by atoms with Gasteiger partial charge in [0.05, 0.1) is 12.1 Å². The summed E-state index contributed by atoms with van der Waals surface area (Å²) in [5.41, 5.74) is 0. The highest BCUT2D eigenvalue weighted by Crippen LogP contribution is 2.21. The van der Waals surface area contributed by atoms with Crippen LogP contribution in [0.3, 0.4) is 0 Å². The SMILES string of the molecule is Cn1ccc(N[C@H]2CCCC[C@@H]2O)n1. The molecule has 14 heavy (non-hydrogen) atoms. The third-order valence-corrected chi connectivity index (χ3v) is 2.78. The monoisotopic (exact) mass is 195 g/mol. The number of nitrogens with one attached hydrogen (secondary N) is 1. The van der Waals surface area contributed by atoms with Crippen LogP contribution in [0.25, 0.3) is 0 Å². The lowest BCUT2D eigenvalue weighted by Gasteiger charge is -2.28. The van der Waals surface area contributed by atoms with Crippen LogP contribution < -0.4 is 5.32 Å². The molecule has 2 rings (SSSR count). The Hall–Kier alpha value is -1.03. The van der Waals surface area contributed by atoms with Crippen LogP contribution in [0.5, 0.6) is 0 Å². The molecule has 0 spiro atoms. The Bertz CT molecular complexity index is 297. The molecule has 0 radical (unpaired) electrons. The predicted octanol–water partition coefficient (Wildman–Crippen LogP) is 1.14. The Morgan fingerprint density at radius 2 is 2.29 bits per heavy atom. The quantitative estimate of drug-likeness (QED) is 0.744. The van der Waals surface area contributed by atoms with Crippen LogP contribution in [0.2, 0.25) is 0 Å². The summed E-state index contributed by atoms with van der Waals surface area (Å²) < 4.78 is 1.76. The molecule has 0 amide bonds. The Labute approximate surface area is 83.9 Å². The van der Waals surface area contributed by atoms with Gasteiger partial charge in [0.1, 0.15) is 5.82 Å². The van der Waals surface area contributed by atoms with Gasteiger partial charge >= 0.3 is 0 Å². The summed E-state index contributed by atoms with van der Waals surface area (Å²) in [7, 11) is 1.89. The molecule has 0 bridgehead atoms. The van der Waals surface area contributed by atoms with Crippen LogP contribution in [0, 0.1) is 0 Å². The summed E-state index contributed by atoms with van der Waals surface area (Å²) in [4.78, 5) is 0. The van der Waals surface area contributed by atoms with E-state index in [0.29, 0.717) is 0 Å². The van der Waals surface area contributed by atoms with E-state index < -0.39 is 0 Å². The van der Waals surface area contributed by atoms with Crippen molar-refractivity contribution in [2.45, 2.75) is 37.8 Å². The zero-order valence-electron chi connectivity index (χ0n) is 8.48. The largest absolute Gasteiger partial charge is 0.391 e. The first kappa shape index (κ1) is 9.52. The average Bonchev–Trinajstić information content (AvgIpc) is 2.56. The van der Waals surface area contributed by atoms with Crippen LogP contribution in [-0.4, -0.2) is 27.0 Å². The molecule has 0 saturated heterocycles. The van der Waals surface area contributed by atoms with Crippen LogP contribution in [0.15, 0.2) is 12.3 Å². The molecule has 78 valence electrons. The molecule has 1 aliphatic rings. The molecule has 1 fully saturated rings. The molecule has 2 atom stereocenters. The minimum absolute atomic E-state index is 0.179. The van der Waals surface area contributed by atoms with Crippen LogP contribution in [-0.2, 0) is 7.05 Å². The molecule has 1 aromatic rings. The lowest BCUT2D eigenvalue weighted by atomic mass is 9.93.